The second kappa shape index (κ2) is 3.23. The topological polar surface area (TPSA) is 55.4 Å². The summed E-state index contributed by atoms with van der Waals surface area (Å²) in [5.41, 5.74) is -0.344. The number of ketones is 1. The third-order valence-electron chi connectivity index (χ3n) is 1.95. The van der Waals surface area contributed by atoms with Crippen LogP contribution in [0.15, 0.2) is 0 Å². The summed E-state index contributed by atoms with van der Waals surface area (Å²) in [5, 5.41) is 2.64. The van der Waals surface area contributed by atoms with Gasteiger partial charge in [-0.05, 0) is 13.3 Å². The summed E-state index contributed by atoms with van der Waals surface area (Å²) >= 11 is 0. The van der Waals surface area contributed by atoms with Crippen molar-refractivity contribution in [2.75, 3.05) is 13.2 Å². The van der Waals surface area contributed by atoms with Crippen LogP contribution in [0.1, 0.15) is 20.3 Å². The van der Waals surface area contributed by atoms with Gasteiger partial charge in [0.15, 0.2) is 0 Å². The first kappa shape index (κ1) is 9.19. The summed E-state index contributed by atoms with van der Waals surface area (Å²) < 4.78 is 5.11. The van der Waals surface area contributed by atoms with E-state index in [1.807, 2.05) is 6.92 Å². The Hall–Kier alpha value is -0.900. The highest BCUT2D eigenvalue weighted by molar-refractivity contribution is 6.35. The van der Waals surface area contributed by atoms with E-state index in [9.17, 15) is 9.59 Å². The summed E-state index contributed by atoms with van der Waals surface area (Å²) in [6.45, 7) is 4.27. The number of amides is 1. The predicted octanol–water partition coefficient (Wildman–Crippen LogP) is -0.129. The van der Waals surface area contributed by atoms with Crippen LogP contribution < -0.4 is 5.32 Å². The molecule has 1 fully saturated rings. The van der Waals surface area contributed by atoms with Crippen molar-refractivity contribution in [3.8, 4) is 0 Å². The third-order valence-corrected chi connectivity index (χ3v) is 1.95. The maximum Gasteiger partial charge on any atom is 0.287 e. The molecule has 0 bridgehead atoms. The number of ether oxygens (including phenoxy) is 1. The largest absolute Gasteiger partial charge is 0.379 e. The number of Topliss-reactive ketones (excluding diaryl/α,β-unsaturated/α-hetero) is 1. The van der Waals surface area contributed by atoms with Gasteiger partial charge in [-0.15, -0.1) is 0 Å². The minimum absolute atomic E-state index is 0.344. The molecule has 0 radical (unpaired) electrons. The van der Waals surface area contributed by atoms with Crippen LogP contribution >= 0.6 is 0 Å². The van der Waals surface area contributed by atoms with Crippen LogP contribution in [0.3, 0.4) is 0 Å². The number of hydrogen-bond donors (Lipinski definition) is 1. The number of carbonyl (C=O) groups excluding carboxylic acids is 2. The van der Waals surface area contributed by atoms with Gasteiger partial charge in [-0.25, -0.2) is 0 Å². The molecule has 4 heteroatoms. The Bertz CT molecular complexity index is 206. The van der Waals surface area contributed by atoms with Gasteiger partial charge in [0, 0.05) is 13.5 Å². The van der Waals surface area contributed by atoms with Gasteiger partial charge in [-0.2, -0.15) is 0 Å². The van der Waals surface area contributed by atoms with Crippen LogP contribution in [0, 0.1) is 0 Å². The Morgan fingerprint density at radius 1 is 1.50 bits per heavy atom. The molecule has 4 nitrogen and oxygen atoms in total. The van der Waals surface area contributed by atoms with E-state index in [1.54, 1.807) is 0 Å². The van der Waals surface area contributed by atoms with Gasteiger partial charge in [0.25, 0.3) is 5.91 Å². The van der Waals surface area contributed by atoms with E-state index in [0.717, 1.165) is 6.42 Å². The van der Waals surface area contributed by atoms with Crippen molar-refractivity contribution in [2.24, 2.45) is 0 Å². The summed E-state index contributed by atoms with van der Waals surface area (Å²) in [4.78, 5) is 21.6. The molecule has 0 saturated carbocycles. The lowest BCUT2D eigenvalue weighted by atomic mass is 10.0. The van der Waals surface area contributed by atoms with Crippen LogP contribution in [-0.4, -0.2) is 30.4 Å². The minimum atomic E-state index is -0.525. The molecule has 1 N–H and O–H groups in total. The van der Waals surface area contributed by atoms with Crippen molar-refractivity contribution in [2.45, 2.75) is 25.8 Å². The Balaban J connectivity index is 2.49. The van der Waals surface area contributed by atoms with Crippen LogP contribution in [-0.2, 0) is 14.3 Å². The van der Waals surface area contributed by atoms with Crippen molar-refractivity contribution < 1.29 is 14.3 Å². The van der Waals surface area contributed by atoms with Crippen molar-refractivity contribution in [3.63, 3.8) is 0 Å². The van der Waals surface area contributed by atoms with E-state index in [1.165, 1.54) is 6.92 Å². The first-order chi connectivity index (χ1) is 5.53. The second-order valence-electron chi connectivity index (χ2n) is 3.37. The van der Waals surface area contributed by atoms with Gasteiger partial charge >= 0.3 is 0 Å². The zero-order chi connectivity index (χ0) is 9.19. The molecule has 1 unspecified atom stereocenters. The molecule has 0 aliphatic carbocycles. The van der Waals surface area contributed by atoms with Crippen LogP contribution in [0.25, 0.3) is 0 Å². The molecule has 68 valence electrons. The molecular formula is C8H13NO3. The number of nitrogens with one attached hydrogen (secondary N) is 1. The van der Waals surface area contributed by atoms with Crippen molar-refractivity contribution >= 4 is 11.7 Å². The molecule has 1 amide bonds. The van der Waals surface area contributed by atoms with Crippen molar-refractivity contribution in [3.05, 3.63) is 0 Å². The first-order valence-corrected chi connectivity index (χ1v) is 3.94. The predicted molar refractivity (Wildman–Crippen MR) is 42.7 cm³/mol. The minimum Gasteiger partial charge on any atom is -0.379 e. The Kier molecular flexibility index (Phi) is 2.47. The summed E-state index contributed by atoms with van der Waals surface area (Å²) in [7, 11) is 0. The molecule has 1 atom stereocenters. The number of carbonyl (C=O) groups is 2. The quantitative estimate of drug-likeness (QED) is 0.589. The van der Waals surface area contributed by atoms with Gasteiger partial charge in [0.05, 0.1) is 12.1 Å². The van der Waals surface area contributed by atoms with Gasteiger partial charge in [0.2, 0.25) is 5.78 Å². The smallest absolute Gasteiger partial charge is 0.287 e. The average Bonchev–Trinajstić information content (AvgIpc) is 2.35. The Morgan fingerprint density at radius 3 is 2.58 bits per heavy atom. The van der Waals surface area contributed by atoms with Crippen LogP contribution in [0.5, 0.6) is 0 Å². The SMILES string of the molecule is CC(=O)C(=O)NC1(C)CCOC1. The Labute approximate surface area is 71.3 Å². The average molecular weight is 171 g/mol. The van der Waals surface area contributed by atoms with Gasteiger partial charge in [-0.3, -0.25) is 9.59 Å². The molecular weight excluding hydrogens is 158 g/mol. The molecule has 1 aliphatic rings. The normalized spacial score (nSPS) is 28.5. The molecule has 0 aromatic heterocycles. The lowest BCUT2D eigenvalue weighted by Gasteiger charge is -2.22. The highest BCUT2D eigenvalue weighted by Gasteiger charge is 2.31. The van der Waals surface area contributed by atoms with Gasteiger partial charge < -0.3 is 10.1 Å². The fraction of sp³-hybridized carbons (Fsp3) is 0.750. The van der Waals surface area contributed by atoms with E-state index >= 15 is 0 Å². The maximum atomic E-state index is 11.0. The monoisotopic (exact) mass is 171 g/mol. The molecule has 0 spiro atoms. The first-order valence-electron chi connectivity index (χ1n) is 3.94. The highest BCUT2D eigenvalue weighted by atomic mass is 16.5. The zero-order valence-corrected chi connectivity index (χ0v) is 7.35. The third kappa shape index (κ3) is 2.04. The second-order valence-corrected chi connectivity index (χ2v) is 3.37. The van der Waals surface area contributed by atoms with E-state index in [4.69, 9.17) is 4.74 Å². The summed E-state index contributed by atoms with van der Waals surface area (Å²) in [5.74, 6) is -0.980. The lowest BCUT2D eigenvalue weighted by Crippen LogP contribution is -2.48. The van der Waals surface area contributed by atoms with Crippen LogP contribution in [0.4, 0.5) is 0 Å². The maximum absolute atomic E-state index is 11.0. The van der Waals surface area contributed by atoms with Gasteiger partial charge in [-0.1, -0.05) is 0 Å². The molecule has 12 heavy (non-hydrogen) atoms. The molecule has 1 saturated heterocycles. The molecule has 0 aromatic carbocycles. The molecule has 1 aliphatic heterocycles. The van der Waals surface area contributed by atoms with E-state index in [-0.39, 0.29) is 5.54 Å². The Morgan fingerprint density at radius 2 is 2.17 bits per heavy atom. The summed E-state index contributed by atoms with van der Waals surface area (Å²) in [6.07, 6.45) is 0.770. The lowest BCUT2D eigenvalue weighted by molar-refractivity contribution is -0.137. The van der Waals surface area contributed by atoms with Gasteiger partial charge in [0.1, 0.15) is 0 Å². The standard InChI is InChI=1S/C8H13NO3/c1-6(10)7(11)9-8(2)3-4-12-5-8/h3-5H2,1-2H3,(H,9,11). The van der Waals surface area contributed by atoms with Crippen molar-refractivity contribution in [1.29, 1.82) is 0 Å². The zero-order valence-electron chi connectivity index (χ0n) is 7.35. The fourth-order valence-corrected chi connectivity index (χ4v) is 1.13. The van der Waals surface area contributed by atoms with E-state index < -0.39 is 11.7 Å². The number of hydrogen-bond acceptors (Lipinski definition) is 3. The highest BCUT2D eigenvalue weighted by Crippen LogP contribution is 2.16. The molecule has 0 aromatic rings. The molecule has 1 rings (SSSR count). The molecule has 1 heterocycles. The summed E-state index contributed by atoms with van der Waals surface area (Å²) in [6, 6.07) is 0. The number of rotatable bonds is 2. The van der Waals surface area contributed by atoms with Crippen molar-refractivity contribution in [1.82, 2.24) is 5.32 Å². The fourth-order valence-electron chi connectivity index (χ4n) is 1.13. The van der Waals surface area contributed by atoms with Crippen LogP contribution in [0.2, 0.25) is 0 Å². The van der Waals surface area contributed by atoms with E-state index in [2.05, 4.69) is 5.32 Å². The van der Waals surface area contributed by atoms with E-state index in [0.29, 0.717) is 13.2 Å².